The fraction of sp³-hybridized carbons (Fsp3) is 0.0476. The van der Waals surface area contributed by atoms with Crippen LogP contribution in [0.15, 0.2) is 72.8 Å². The molecule has 24 heavy (non-hydrogen) atoms. The van der Waals surface area contributed by atoms with Crippen LogP contribution in [-0.4, -0.2) is 17.3 Å². The lowest BCUT2D eigenvalue weighted by Gasteiger charge is -2.21. The van der Waals surface area contributed by atoms with Crippen LogP contribution < -0.4 is 4.90 Å². The van der Waals surface area contributed by atoms with Crippen molar-refractivity contribution in [3.63, 3.8) is 0 Å². The van der Waals surface area contributed by atoms with E-state index in [9.17, 15) is 10.2 Å². The number of phenolic OH excluding ortho intramolecular Hbond substituents is 2. The average Bonchev–Trinajstić information content (AvgIpc) is 2.61. The molecule has 0 aliphatic heterocycles. The molecule has 0 amide bonds. The zero-order valence-electron chi connectivity index (χ0n) is 13.3. The van der Waals surface area contributed by atoms with Crippen LogP contribution in [0, 0.1) is 0 Å². The summed E-state index contributed by atoms with van der Waals surface area (Å²) in [5.41, 5.74) is 1.94. The zero-order valence-corrected chi connectivity index (χ0v) is 13.3. The second-order valence-electron chi connectivity index (χ2n) is 5.92. The van der Waals surface area contributed by atoms with Crippen molar-refractivity contribution in [3.8, 4) is 11.5 Å². The summed E-state index contributed by atoms with van der Waals surface area (Å²) in [6.07, 6.45) is 0. The molecule has 2 N–H and O–H groups in total. The summed E-state index contributed by atoms with van der Waals surface area (Å²) >= 11 is 0. The van der Waals surface area contributed by atoms with E-state index in [0.717, 1.165) is 32.9 Å². The lowest BCUT2D eigenvalue weighted by atomic mass is 10.1. The van der Waals surface area contributed by atoms with Gasteiger partial charge in [0.2, 0.25) is 0 Å². The second kappa shape index (κ2) is 5.46. The summed E-state index contributed by atoms with van der Waals surface area (Å²) in [4.78, 5) is 2.04. The van der Waals surface area contributed by atoms with Gasteiger partial charge < -0.3 is 15.1 Å². The largest absolute Gasteiger partial charge is 0.507 e. The van der Waals surface area contributed by atoms with Gasteiger partial charge in [-0.2, -0.15) is 0 Å². The Labute approximate surface area is 140 Å². The number of fused-ring (bicyclic) bond motifs is 2. The van der Waals surface area contributed by atoms with E-state index in [2.05, 4.69) is 0 Å². The van der Waals surface area contributed by atoms with Crippen LogP contribution in [0.3, 0.4) is 0 Å². The van der Waals surface area contributed by atoms with E-state index in [1.807, 2.05) is 72.6 Å². The lowest BCUT2D eigenvalue weighted by molar-refractivity contribution is 0.481. The third-order valence-electron chi connectivity index (χ3n) is 4.46. The van der Waals surface area contributed by atoms with Crippen molar-refractivity contribution in [1.29, 1.82) is 0 Å². The van der Waals surface area contributed by atoms with Crippen LogP contribution >= 0.6 is 0 Å². The molecular formula is C21H17NO2. The van der Waals surface area contributed by atoms with Crippen LogP contribution in [0.5, 0.6) is 11.5 Å². The molecule has 4 aromatic rings. The quantitative estimate of drug-likeness (QED) is 0.536. The maximum atomic E-state index is 10.1. The van der Waals surface area contributed by atoms with Crippen LogP contribution in [0.25, 0.3) is 21.5 Å². The molecule has 4 aromatic carbocycles. The molecule has 0 bridgehead atoms. The maximum absolute atomic E-state index is 10.1. The van der Waals surface area contributed by atoms with Crippen LogP contribution in [0.1, 0.15) is 0 Å². The van der Waals surface area contributed by atoms with E-state index >= 15 is 0 Å². The number of aromatic hydroxyl groups is 2. The Morgan fingerprint density at radius 1 is 0.625 bits per heavy atom. The fourth-order valence-corrected chi connectivity index (χ4v) is 3.05. The monoisotopic (exact) mass is 315 g/mol. The highest BCUT2D eigenvalue weighted by Crippen LogP contribution is 2.34. The van der Waals surface area contributed by atoms with E-state index in [0.29, 0.717) is 0 Å². The van der Waals surface area contributed by atoms with Crippen molar-refractivity contribution >= 4 is 32.9 Å². The Kier molecular flexibility index (Phi) is 3.28. The smallest absolute Gasteiger partial charge is 0.123 e. The van der Waals surface area contributed by atoms with Gasteiger partial charge in [0.05, 0.1) is 0 Å². The summed E-state index contributed by atoms with van der Waals surface area (Å²) in [5, 5.41) is 23.8. The van der Waals surface area contributed by atoms with Gasteiger partial charge in [-0.1, -0.05) is 36.4 Å². The molecule has 0 fully saturated rings. The minimum Gasteiger partial charge on any atom is -0.507 e. The van der Waals surface area contributed by atoms with Crippen molar-refractivity contribution in [2.45, 2.75) is 0 Å². The SMILES string of the molecule is CN(c1ccc2cccc(O)c2c1)c1ccc2cccc(O)c2c1. The highest BCUT2D eigenvalue weighted by molar-refractivity contribution is 5.94. The van der Waals surface area contributed by atoms with Crippen molar-refractivity contribution in [1.82, 2.24) is 0 Å². The molecule has 3 nitrogen and oxygen atoms in total. The summed E-state index contributed by atoms with van der Waals surface area (Å²) in [5.74, 6) is 0.554. The average molecular weight is 315 g/mol. The summed E-state index contributed by atoms with van der Waals surface area (Å²) in [6.45, 7) is 0. The van der Waals surface area contributed by atoms with Gasteiger partial charge in [-0.15, -0.1) is 0 Å². The Balaban J connectivity index is 1.82. The van der Waals surface area contributed by atoms with Crippen molar-refractivity contribution in [2.75, 3.05) is 11.9 Å². The molecule has 0 atom stereocenters. The van der Waals surface area contributed by atoms with E-state index < -0.39 is 0 Å². The van der Waals surface area contributed by atoms with Gasteiger partial charge in [0.1, 0.15) is 11.5 Å². The third-order valence-corrected chi connectivity index (χ3v) is 4.46. The molecule has 0 aliphatic carbocycles. The molecule has 0 aromatic heterocycles. The minimum absolute atomic E-state index is 0.277. The highest BCUT2D eigenvalue weighted by atomic mass is 16.3. The number of hydrogen-bond donors (Lipinski definition) is 2. The van der Waals surface area contributed by atoms with E-state index in [4.69, 9.17) is 0 Å². The first-order chi connectivity index (χ1) is 11.6. The first-order valence-corrected chi connectivity index (χ1v) is 7.81. The number of nitrogens with zero attached hydrogens (tertiary/aromatic N) is 1. The van der Waals surface area contributed by atoms with Crippen LogP contribution in [-0.2, 0) is 0 Å². The fourth-order valence-electron chi connectivity index (χ4n) is 3.05. The molecule has 118 valence electrons. The highest BCUT2D eigenvalue weighted by Gasteiger charge is 2.09. The van der Waals surface area contributed by atoms with Gasteiger partial charge in [0.15, 0.2) is 0 Å². The van der Waals surface area contributed by atoms with E-state index in [1.165, 1.54) is 0 Å². The van der Waals surface area contributed by atoms with Gasteiger partial charge >= 0.3 is 0 Å². The molecular weight excluding hydrogens is 298 g/mol. The standard InChI is InChI=1S/C21H17NO2/c1-22(16-10-8-14-4-2-6-20(23)18(14)12-16)17-11-9-15-5-3-7-21(24)19(15)13-17/h2-13,23-24H,1H3. The van der Waals surface area contributed by atoms with Crippen molar-refractivity contribution in [3.05, 3.63) is 72.8 Å². The van der Waals surface area contributed by atoms with Crippen LogP contribution in [0.4, 0.5) is 11.4 Å². The predicted molar refractivity (Wildman–Crippen MR) is 99.3 cm³/mol. The number of anilines is 2. The van der Waals surface area contributed by atoms with Gasteiger partial charge in [0, 0.05) is 29.2 Å². The van der Waals surface area contributed by atoms with Crippen molar-refractivity contribution in [2.24, 2.45) is 0 Å². The molecule has 0 heterocycles. The number of rotatable bonds is 2. The number of benzene rings is 4. The molecule has 0 spiro atoms. The summed E-state index contributed by atoms with van der Waals surface area (Å²) in [7, 11) is 1.97. The van der Waals surface area contributed by atoms with Gasteiger partial charge in [0.25, 0.3) is 0 Å². The van der Waals surface area contributed by atoms with Gasteiger partial charge in [-0.3, -0.25) is 0 Å². The number of phenols is 2. The maximum Gasteiger partial charge on any atom is 0.123 e. The molecule has 4 rings (SSSR count). The molecule has 3 heteroatoms. The first kappa shape index (κ1) is 14.4. The second-order valence-corrected chi connectivity index (χ2v) is 5.92. The Hall–Kier alpha value is -3.20. The Morgan fingerprint density at radius 2 is 1.08 bits per heavy atom. The summed E-state index contributed by atoms with van der Waals surface area (Å²) in [6, 6.07) is 23.0. The molecule has 0 aliphatic rings. The molecule has 0 radical (unpaired) electrons. The van der Waals surface area contributed by atoms with Gasteiger partial charge in [-0.25, -0.2) is 0 Å². The minimum atomic E-state index is 0.277. The van der Waals surface area contributed by atoms with Gasteiger partial charge in [-0.05, 0) is 47.2 Å². The summed E-state index contributed by atoms with van der Waals surface area (Å²) < 4.78 is 0. The molecule has 0 saturated carbocycles. The Bertz CT molecular complexity index is 971. The van der Waals surface area contributed by atoms with Crippen LogP contribution in [0.2, 0.25) is 0 Å². The van der Waals surface area contributed by atoms with E-state index in [-0.39, 0.29) is 11.5 Å². The predicted octanol–water partition coefficient (Wildman–Crippen LogP) is 5.17. The lowest BCUT2D eigenvalue weighted by Crippen LogP contribution is -2.09. The van der Waals surface area contributed by atoms with Crippen molar-refractivity contribution < 1.29 is 10.2 Å². The normalized spacial score (nSPS) is 11.0. The van der Waals surface area contributed by atoms with E-state index in [1.54, 1.807) is 12.1 Å². The first-order valence-electron chi connectivity index (χ1n) is 7.81. The molecule has 0 saturated heterocycles. The third kappa shape index (κ3) is 2.31. The molecule has 0 unspecified atom stereocenters. The number of hydrogen-bond acceptors (Lipinski definition) is 3. The topological polar surface area (TPSA) is 43.7 Å². The zero-order chi connectivity index (χ0) is 16.7. The Morgan fingerprint density at radius 3 is 1.54 bits per heavy atom.